The molecule has 0 aromatic carbocycles. The molecule has 4 heteroatoms. The van der Waals surface area contributed by atoms with Crippen molar-refractivity contribution in [2.45, 2.75) is 51.7 Å². The van der Waals surface area contributed by atoms with Crippen LogP contribution in [0.4, 0.5) is 0 Å². The first-order chi connectivity index (χ1) is 7.58. The third kappa shape index (κ3) is 5.47. The normalized spacial score (nSPS) is 22.4. The summed E-state index contributed by atoms with van der Waals surface area (Å²) in [5, 5.41) is 12.3. The summed E-state index contributed by atoms with van der Waals surface area (Å²) in [6.45, 7) is 5.23. The third-order valence-corrected chi connectivity index (χ3v) is 2.72. The van der Waals surface area contributed by atoms with Gasteiger partial charge in [0.15, 0.2) is 0 Å². The zero-order valence-electron chi connectivity index (χ0n) is 10.2. The highest BCUT2D eigenvalue weighted by Gasteiger charge is 2.19. The average molecular weight is 229 g/mol. The minimum atomic E-state index is -0.437. The Labute approximate surface area is 97.4 Å². The Hall–Kier alpha value is -0.610. The van der Waals surface area contributed by atoms with E-state index in [4.69, 9.17) is 4.74 Å². The third-order valence-electron chi connectivity index (χ3n) is 2.72. The van der Waals surface area contributed by atoms with E-state index in [-0.39, 0.29) is 12.0 Å². The zero-order chi connectivity index (χ0) is 12.0. The van der Waals surface area contributed by atoms with Gasteiger partial charge in [0.25, 0.3) is 0 Å². The van der Waals surface area contributed by atoms with E-state index >= 15 is 0 Å². The van der Waals surface area contributed by atoms with E-state index in [0.29, 0.717) is 18.9 Å². The Kier molecular flexibility index (Phi) is 5.77. The Morgan fingerprint density at radius 2 is 2.31 bits per heavy atom. The van der Waals surface area contributed by atoms with Gasteiger partial charge in [-0.1, -0.05) is 13.8 Å². The first kappa shape index (κ1) is 13.5. The van der Waals surface area contributed by atoms with Crippen molar-refractivity contribution in [1.82, 2.24) is 5.32 Å². The molecule has 0 radical (unpaired) electrons. The number of hydrogen-bond donors (Lipinski definition) is 2. The lowest BCUT2D eigenvalue weighted by Gasteiger charge is -2.15. The summed E-state index contributed by atoms with van der Waals surface area (Å²) < 4.78 is 5.37. The molecule has 0 saturated carbocycles. The van der Waals surface area contributed by atoms with Crippen LogP contribution < -0.4 is 5.32 Å². The second-order valence-corrected chi connectivity index (χ2v) is 4.93. The summed E-state index contributed by atoms with van der Waals surface area (Å²) >= 11 is 0. The predicted octanol–water partition coefficient (Wildman–Crippen LogP) is 1.08. The van der Waals surface area contributed by atoms with Gasteiger partial charge >= 0.3 is 0 Å². The van der Waals surface area contributed by atoms with Crippen molar-refractivity contribution in [2.75, 3.05) is 13.2 Å². The molecule has 94 valence electrons. The zero-order valence-corrected chi connectivity index (χ0v) is 10.2. The lowest BCUT2D eigenvalue weighted by molar-refractivity contribution is -0.123. The van der Waals surface area contributed by atoms with Crippen LogP contribution in [0.1, 0.15) is 39.5 Å². The van der Waals surface area contributed by atoms with Gasteiger partial charge in [0.05, 0.1) is 18.6 Å². The molecule has 0 bridgehead atoms. The van der Waals surface area contributed by atoms with E-state index in [2.05, 4.69) is 19.2 Å². The second kappa shape index (κ2) is 6.86. The van der Waals surface area contributed by atoms with E-state index in [1.54, 1.807) is 0 Å². The molecule has 1 fully saturated rings. The Morgan fingerprint density at radius 3 is 2.88 bits per heavy atom. The number of carbonyl (C=O) groups excluding carboxylic acids is 1. The number of aliphatic hydroxyl groups excluding tert-OH is 1. The highest BCUT2D eigenvalue weighted by atomic mass is 16.5. The number of amides is 1. The molecule has 0 aliphatic carbocycles. The Bertz CT molecular complexity index is 212. The van der Waals surface area contributed by atoms with Crippen LogP contribution in [-0.4, -0.2) is 36.4 Å². The molecule has 1 saturated heterocycles. The second-order valence-electron chi connectivity index (χ2n) is 4.93. The van der Waals surface area contributed by atoms with Crippen LogP contribution in [0.15, 0.2) is 0 Å². The number of carbonyl (C=O) groups is 1. The van der Waals surface area contributed by atoms with Gasteiger partial charge in [0, 0.05) is 13.2 Å². The fraction of sp³-hybridized carbons (Fsp3) is 0.917. The fourth-order valence-electron chi connectivity index (χ4n) is 1.94. The van der Waals surface area contributed by atoms with Crippen LogP contribution in [-0.2, 0) is 9.53 Å². The van der Waals surface area contributed by atoms with Gasteiger partial charge in [0.1, 0.15) is 0 Å². The SMILES string of the molecule is CC(C)CC(O)CNC(=O)CC1CCCO1. The maximum atomic E-state index is 11.5. The molecular weight excluding hydrogens is 206 g/mol. The fourth-order valence-corrected chi connectivity index (χ4v) is 1.94. The van der Waals surface area contributed by atoms with Gasteiger partial charge in [-0.05, 0) is 25.2 Å². The molecule has 1 aliphatic rings. The van der Waals surface area contributed by atoms with Gasteiger partial charge in [0.2, 0.25) is 5.91 Å². The molecule has 0 spiro atoms. The van der Waals surface area contributed by atoms with E-state index in [1.807, 2.05) is 0 Å². The lowest BCUT2D eigenvalue weighted by atomic mass is 10.1. The molecule has 16 heavy (non-hydrogen) atoms. The molecular formula is C12H23NO3. The number of nitrogens with one attached hydrogen (secondary N) is 1. The van der Waals surface area contributed by atoms with Crippen molar-refractivity contribution < 1.29 is 14.6 Å². The van der Waals surface area contributed by atoms with Gasteiger partial charge in [-0.2, -0.15) is 0 Å². The highest BCUT2D eigenvalue weighted by molar-refractivity contribution is 5.76. The molecule has 2 atom stereocenters. The van der Waals surface area contributed by atoms with Crippen molar-refractivity contribution in [3.8, 4) is 0 Å². The molecule has 0 aromatic rings. The van der Waals surface area contributed by atoms with Crippen LogP contribution in [0.3, 0.4) is 0 Å². The van der Waals surface area contributed by atoms with Crippen molar-refractivity contribution in [3.63, 3.8) is 0 Å². The van der Waals surface area contributed by atoms with E-state index in [0.717, 1.165) is 25.9 Å². The smallest absolute Gasteiger partial charge is 0.222 e. The molecule has 1 rings (SSSR count). The summed E-state index contributed by atoms with van der Waals surface area (Å²) in [7, 11) is 0. The molecule has 0 aromatic heterocycles. The highest BCUT2D eigenvalue weighted by Crippen LogP contribution is 2.14. The van der Waals surface area contributed by atoms with Crippen molar-refractivity contribution in [1.29, 1.82) is 0 Å². The Balaban J connectivity index is 2.09. The summed E-state index contributed by atoms with van der Waals surface area (Å²) in [5.74, 6) is 0.430. The van der Waals surface area contributed by atoms with Crippen LogP contribution in [0.25, 0.3) is 0 Å². The maximum absolute atomic E-state index is 11.5. The number of aliphatic hydroxyl groups is 1. The standard InChI is InChI=1S/C12H23NO3/c1-9(2)6-10(14)8-13-12(15)7-11-4-3-5-16-11/h9-11,14H,3-8H2,1-2H3,(H,13,15). The Morgan fingerprint density at radius 1 is 1.56 bits per heavy atom. The van der Waals surface area contributed by atoms with Crippen molar-refractivity contribution >= 4 is 5.91 Å². The summed E-state index contributed by atoms with van der Waals surface area (Å²) in [6, 6.07) is 0. The molecule has 1 heterocycles. The largest absolute Gasteiger partial charge is 0.391 e. The summed E-state index contributed by atoms with van der Waals surface area (Å²) in [6.07, 6.45) is 2.82. The monoisotopic (exact) mass is 229 g/mol. The summed E-state index contributed by atoms with van der Waals surface area (Å²) in [5.41, 5.74) is 0. The molecule has 4 nitrogen and oxygen atoms in total. The van der Waals surface area contributed by atoms with Gasteiger partial charge < -0.3 is 15.2 Å². The summed E-state index contributed by atoms with van der Waals surface area (Å²) in [4.78, 5) is 11.5. The van der Waals surface area contributed by atoms with E-state index < -0.39 is 6.10 Å². The van der Waals surface area contributed by atoms with Crippen LogP contribution in [0.2, 0.25) is 0 Å². The van der Waals surface area contributed by atoms with Gasteiger partial charge in [-0.25, -0.2) is 0 Å². The first-order valence-corrected chi connectivity index (χ1v) is 6.14. The van der Waals surface area contributed by atoms with E-state index in [1.165, 1.54) is 0 Å². The number of rotatable bonds is 6. The lowest BCUT2D eigenvalue weighted by Crippen LogP contribution is -2.34. The van der Waals surface area contributed by atoms with Gasteiger partial charge in [-0.15, -0.1) is 0 Å². The predicted molar refractivity (Wildman–Crippen MR) is 62.1 cm³/mol. The first-order valence-electron chi connectivity index (χ1n) is 6.14. The van der Waals surface area contributed by atoms with Crippen molar-refractivity contribution in [2.24, 2.45) is 5.92 Å². The van der Waals surface area contributed by atoms with Crippen LogP contribution in [0, 0.1) is 5.92 Å². The molecule has 1 amide bonds. The quantitative estimate of drug-likeness (QED) is 0.716. The topological polar surface area (TPSA) is 58.6 Å². The van der Waals surface area contributed by atoms with Crippen LogP contribution >= 0.6 is 0 Å². The van der Waals surface area contributed by atoms with Crippen LogP contribution in [0.5, 0.6) is 0 Å². The molecule has 2 N–H and O–H groups in total. The average Bonchev–Trinajstić information content (AvgIpc) is 2.66. The minimum Gasteiger partial charge on any atom is -0.391 e. The number of ether oxygens (including phenoxy) is 1. The van der Waals surface area contributed by atoms with E-state index in [9.17, 15) is 9.90 Å². The molecule has 1 aliphatic heterocycles. The maximum Gasteiger partial charge on any atom is 0.222 e. The van der Waals surface area contributed by atoms with Gasteiger partial charge in [-0.3, -0.25) is 4.79 Å². The number of hydrogen-bond acceptors (Lipinski definition) is 3. The minimum absolute atomic E-state index is 0.0188. The van der Waals surface area contributed by atoms with Crippen molar-refractivity contribution in [3.05, 3.63) is 0 Å². The molecule has 2 unspecified atom stereocenters.